The van der Waals surface area contributed by atoms with Crippen LogP contribution in [0.1, 0.15) is 24.1 Å². The minimum Gasteiger partial charge on any atom is -0.439 e. The number of halogens is 3. The van der Waals surface area contributed by atoms with E-state index in [0.717, 1.165) is 37.2 Å². The number of carbonyl (C=O) groups excluding carboxylic acids is 1. The largest absolute Gasteiger partial charge is 0.439 e. The van der Waals surface area contributed by atoms with Crippen LogP contribution in [0.5, 0.6) is 11.6 Å². The molecule has 3 heterocycles. The van der Waals surface area contributed by atoms with Gasteiger partial charge >= 0.3 is 12.2 Å². The summed E-state index contributed by atoms with van der Waals surface area (Å²) in [4.78, 5) is 23.5. The highest BCUT2D eigenvalue weighted by atomic mass is 32.2. The average Bonchev–Trinajstić information content (AvgIpc) is 3.32. The van der Waals surface area contributed by atoms with Gasteiger partial charge in [-0.2, -0.15) is 13.2 Å². The Morgan fingerprint density at radius 1 is 1.07 bits per heavy atom. The van der Waals surface area contributed by atoms with Crippen molar-refractivity contribution in [3.63, 3.8) is 0 Å². The van der Waals surface area contributed by atoms with E-state index in [1.54, 1.807) is 30.3 Å². The number of fused-ring (bicyclic) bond motifs is 1. The molecule has 4 aromatic rings. The van der Waals surface area contributed by atoms with Crippen LogP contribution in [0.15, 0.2) is 67.1 Å². The average molecular weight is 589 g/mol. The molecular formula is C27H27F3N6O4S. The van der Waals surface area contributed by atoms with Crippen LogP contribution in [-0.2, 0) is 22.7 Å². The first-order valence-corrected chi connectivity index (χ1v) is 14.6. The van der Waals surface area contributed by atoms with Crippen molar-refractivity contribution in [3.05, 3.63) is 78.4 Å². The van der Waals surface area contributed by atoms with Crippen LogP contribution in [0, 0.1) is 0 Å². The van der Waals surface area contributed by atoms with E-state index in [1.807, 2.05) is 0 Å². The Kier molecular flexibility index (Phi) is 7.98. The number of benzene rings is 2. The molecule has 2 aromatic heterocycles. The number of nitrogens with one attached hydrogen (secondary N) is 2. The van der Waals surface area contributed by atoms with E-state index in [9.17, 15) is 26.4 Å². The van der Waals surface area contributed by atoms with Crippen LogP contribution >= 0.6 is 0 Å². The lowest BCUT2D eigenvalue weighted by Crippen LogP contribution is -2.44. The number of sulfonamides is 1. The van der Waals surface area contributed by atoms with Crippen molar-refractivity contribution in [2.24, 2.45) is 0 Å². The molecule has 1 fully saturated rings. The maximum absolute atomic E-state index is 13.0. The molecular weight excluding hydrogens is 561 g/mol. The van der Waals surface area contributed by atoms with E-state index in [-0.39, 0.29) is 11.7 Å². The first kappa shape index (κ1) is 28.5. The van der Waals surface area contributed by atoms with Crippen LogP contribution in [0.3, 0.4) is 0 Å². The number of piperidine rings is 1. The Labute approximate surface area is 234 Å². The maximum Gasteiger partial charge on any atom is 0.416 e. The fraction of sp³-hybridized carbons (Fsp3) is 0.296. The number of amides is 1. The van der Waals surface area contributed by atoms with Crippen molar-refractivity contribution in [1.29, 1.82) is 0 Å². The van der Waals surface area contributed by atoms with Gasteiger partial charge in [0.25, 0.3) is 0 Å². The van der Waals surface area contributed by atoms with E-state index in [2.05, 4.69) is 24.9 Å². The third-order valence-corrected chi connectivity index (χ3v) is 7.36. The van der Waals surface area contributed by atoms with Gasteiger partial charge in [0.2, 0.25) is 15.9 Å². The van der Waals surface area contributed by atoms with Gasteiger partial charge in [0, 0.05) is 49.0 Å². The van der Waals surface area contributed by atoms with E-state index < -0.39 is 27.8 Å². The smallest absolute Gasteiger partial charge is 0.416 e. The molecule has 1 aliphatic rings. The first-order valence-electron chi connectivity index (χ1n) is 12.7. The predicted octanol–water partition coefficient (Wildman–Crippen LogP) is 4.84. The predicted molar refractivity (Wildman–Crippen MR) is 146 cm³/mol. The van der Waals surface area contributed by atoms with Gasteiger partial charge in [-0.3, -0.25) is 9.47 Å². The standard InChI is InChI=1S/C27H27F3N6O4S/c1-41(38,39)34-20-8-10-35(11-9-20)16-22-15-25(32-17-31-22)40-23-5-6-24-18(13-23)7-12-36(24)26(37)33-21-4-2-3-19(14-21)27(28,29)30/h2-7,12-15,17,20,34H,8-11,16H2,1H3,(H,33,37). The summed E-state index contributed by atoms with van der Waals surface area (Å²) in [6.07, 6.45) is 0.998. The highest BCUT2D eigenvalue weighted by molar-refractivity contribution is 7.88. The third kappa shape index (κ3) is 7.39. The lowest BCUT2D eigenvalue weighted by molar-refractivity contribution is -0.137. The molecule has 216 valence electrons. The quantitative estimate of drug-likeness (QED) is 0.317. The number of alkyl halides is 3. The van der Waals surface area contributed by atoms with Crippen LogP contribution in [0.2, 0.25) is 0 Å². The monoisotopic (exact) mass is 588 g/mol. The Bertz CT molecular complexity index is 1670. The Morgan fingerprint density at radius 3 is 2.59 bits per heavy atom. The van der Waals surface area contributed by atoms with Crippen LogP contribution in [0.25, 0.3) is 10.9 Å². The molecule has 0 radical (unpaired) electrons. The summed E-state index contributed by atoms with van der Waals surface area (Å²) in [5, 5.41) is 3.18. The zero-order valence-corrected chi connectivity index (χ0v) is 22.7. The number of aromatic nitrogens is 3. The molecule has 10 nitrogen and oxygen atoms in total. The normalized spacial score (nSPS) is 15.2. The van der Waals surface area contributed by atoms with Crippen molar-refractivity contribution >= 4 is 32.6 Å². The fourth-order valence-corrected chi connectivity index (χ4v) is 5.54. The van der Waals surface area contributed by atoms with Crippen LogP contribution in [0.4, 0.5) is 23.7 Å². The molecule has 41 heavy (non-hydrogen) atoms. The molecule has 1 amide bonds. The number of anilines is 1. The number of carbonyl (C=O) groups is 1. The van der Waals surface area contributed by atoms with Gasteiger partial charge in [0.1, 0.15) is 12.1 Å². The second kappa shape index (κ2) is 11.5. The number of hydrogen-bond acceptors (Lipinski definition) is 7. The molecule has 2 aromatic carbocycles. The molecule has 0 unspecified atom stereocenters. The Morgan fingerprint density at radius 2 is 1.85 bits per heavy atom. The van der Waals surface area contributed by atoms with E-state index in [4.69, 9.17) is 4.74 Å². The van der Waals surface area contributed by atoms with Crippen LogP contribution in [-0.4, -0.2) is 59.3 Å². The second-order valence-electron chi connectivity index (χ2n) is 9.81. The fourth-order valence-electron chi connectivity index (χ4n) is 4.70. The summed E-state index contributed by atoms with van der Waals surface area (Å²) >= 11 is 0. The maximum atomic E-state index is 13.0. The first-order chi connectivity index (χ1) is 19.4. The summed E-state index contributed by atoms with van der Waals surface area (Å²) < 4.78 is 71.8. The number of likely N-dealkylation sites (tertiary alicyclic amines) is 1. The lowest BCUT2D eigenvalue weighted by Gasteiger charge is -2.31. The Balaban J connectivity index is 1.22. The van der Waals surface area contributed by atoms with Crippen molar-refractivity contribution in [3.8, 4) is 11.6 Å². The molecule has 0 aliphatic carbocycles. The molecule has 0 spiro atoms. The van der Waals surface area contributed by atoms with Crippen molar-refractivity contribution in [1.82, 2.24) is 24.2 Å². The van der Waals surface area contributed by atoms with E-state index in [1.165, 1.54) is 29.2 Å². The second-order valence-corrected chi connectivity index (χ2v) is 11.6. The molecule has 2 N–H and O–H groups in total. The van der Waals surface area contributed by atoms with Crippen molar-refractivity contribution in [2.75, 3.05) is 24.7 Å². The Hall–Kier alpha value is -4.01. The highest BCUT2D eigenvalue weighted by Gasteiger charge is 2.30. The van der Waals surface area contributed by atoms with Gasteiger partial charge in [0.15, 0.2) is 0 Å². The number of nitrogens with zero attached hydrogens (tertiary/aromatic N) is 4. The summed E-state index contributed by atoms with van der Waals surface area (Å²) in [7, 11) is -3.23. The van der Waals surface area contributed by atoms with Crippen molar-refractivity contribution < 1.29 is 31.1 Å². The lowest BCUT2D eigenvalue weighted by atomic mass is 10.1. The highest BCUT2D eigenvalue weighted by Crippen LogP contribution is 2.31. The molecule has 14 heteroatoms. The SMILES string of the molecule is CS(=O)(=O)NC1CCN(Cc2cc(Oc3ccc4c(ccn4C(=O)Nc4cccc(C(F)(F)F)c4)c3)ncn2)CC1. The zero-order valence-electron chi connectivity index (χ0n) is 21.9. The molecule has 0 bridgehead atoms. The van der Waals surface area contributed by atoms with E-state index in [0.29, 0.717) is 41.9 Å². The summed E-state index contributed by atoms with van der Waals surface area (Å²) in [5.74, 6) is 0.815. The number of hydrogen-bond donors (Lipinski definition) is 2. The van der Waals surface area contributed by atoms with Gasteiger partial charge in [-0.1, -0.05) is 6.07 Å². The summed E-state index contributed by atoms with van der Waals surface area (Å²) in [6.45, 7) is 2.01. The van der Waals surface area contributed by atoms with Crippen molar-refractivity contribution in [2.45, 2.75) is 31.6 Å². The summed E-state index contributed by atoms with van der Waals surface area (Å²) in [5.41, 5.74) is 0.469. The van der Waals surface area contributed by atoms with E-state index >= 15 is 0 Å². The van der Waals surface area contributed by atoms with Gasteiger partial charge in [0.05, 0.1) is 23.0 Å². The number of rotatable bonds is 7. The third-order valence-electron chi connectivity index (χ3n) is 6.60. The molecule has 1 aliphatic heterocycles. The molecule has 1 saturated heterocycles. The van der Waals surface area contributed by atoms with Gasteiger partial charge in [-0.15, -0.1) is 0 Å². The topological polar surface area (TPSA) is 118 Å². The minimum atomic E-state index is -4.52. The van der Waals surface area contributed by atoms with Gasteiger partial charge in [-0.05, 0) is 55.3 Å². The molecule has 0 atom stereocenters. The number of ether oxygens (including phenoxy) is 1. The summed E-state index contributed by atoms with van der Waals surface area (Å²) in [6, 6.07) is 12.3. The van der Waals surface area contributed by atoms with Gasteiger partial charge in [-0.25, -0.2) is 27.9 Å². The molecule has 5 rings (SSSR count). The zero-order chi connectivity index (χ0) is 29.2. The van der Waals surface area contributed by atoms with Gasteiger partial charge < -0.3 is 10.1 Å². The van der Waals surface area contributed by atoms with Crippen LogP contribution < -0.4 is 14.8 Å². The molecule has 0 saturated carbocycles. The minimum absolute atomic E-state index is 0.0288.